The van der Waals surface area contributed by atoms with Crippen LogP contribution in [-0.4, -0.2) is 26.6 Å². The second-order valence-electron chi connectivity index (χ2n) is 3.64. The number of amides is 1. The minimum absolute atomic E-state index is 0.0246. The molecule has 0 bridgehead atoms. The molecule has 1 aromatic carbocycles. The van der Waals surface area contributed by atoms with Crippen molar-refractivity contribution in [1.29, 1.82) is 0 Å². The molecule has 0 saturated heterocycles. The van der Waals surface area contributed by atoms with Gasteiger partial charge in [-0.3, -0.25) is 4.79 Å². The summed E-state index contributed by atoms with van der Waals surface area (Å²) in [5.41, 5.74) is 1.25. The molecular formula is C10H13ClN2O3S. The summed E-state index contributed by atoms with van der Waals surface area (Å²) in [6.07, 6.45) is 0. The first-order valence-electron chi connectivity index (χ1n) is 4.84. The van der Waals surface area contributed by atoms with Crippen molar-refractivity contribution in [3.63, 3.8) is 0 Å². The molecule has 1 amide bonds. The van der Waals surface area contributed by atoms with Crippen LogP contribution >= 0.6 is 11.6 Å². The number of hydrogen-bond donors (Lipinski definition) is 2. The van der Waals surface area contributed by atoms with E-state index in [1.165, 1.54) is 6.07 Å². The van der Waals surface area contributed by atoms with Crippen LogP contribution in [0.5, 0.6) is 0 Å². The molecule has 7 heteroatoms. The maximum atomic E-state index is 11.6. The Morgan fingerprint density at radius 2 is 2.06 bits per heavy atom. The molecule has 1 aromatic rings. The van der Waals surface area contributed by atoms with Crippen molar-refractivity contribution in [2.75, 3.05) is 12.3 Å². The summed E-state index contributed by atoms with van der Waals surface area (Å²) in [4.78, 5) is 11.6. The lowest BCUT2D eigenvalue weighted by Gasteiger charge is -2.05. The van der Waals surface area contributed by atoms with Gasteiger partial charge in [-0.2, -0.15) is 0 Å². The number of hydrogen-bond acceptors (Lipinski definition) is 3. The Hall–Kier alpha value is -1.11. The smallest absolute Gasteiger partial charge is 0.251 e. The molecular weight excluding hydrogens is 264 g/mol. The molecule has 0 spiro atoms. The van der Waals surface area contributed by atoms with Gasteiger partial charge in [-0.1, -0.05) is 11.6 Å². The summed E-state index contributed by atoms with van der Waals surface area (Å²) in [7, 11) is -3.56. The molecule has 94 valence electrons. The Bertz CT molecular complexity index is 508. The Kier molecular flexibility index (Phi) is 4.50. The first kappa shape index (κ1) is 14.0. The van der Waals surface area contributed by atoms with Gasteiger partial charge in [0.2, 0.25) is 10.0 Å². The van der Waals surface area contributed by atoms with Crippen molar-refractivity contribution < 1.29 is 13.2 Å². The van der Waals surface area contributed by atoms with Crippen molar-refractivity contribution in [3.05, 3.63) is 34.3 Å². The molecule has 17 heavy (non-hydrogen) atoms. The number of carbonyl (C=O) groups is 1. The van der Waals surface area contributed by atoms with Crippen LogP contribution in [0.1, 0.15) is 15.9 Å². The topological polar surface area (TPSA) is 89.3 Å². The summed E-state index contributed by atoms with van der Waals surface area (Å²) < 4.78 is 21.3. The highest BCUT2D eigenvalue weighted by atomic mass is 35.5. The highest BCUT2D eigenvalue weighted by molar-refractivity contribution is 7.89. The Morgan fingerprint density at radius 3 is 2.59 bits per heavy atom. The zero-order chi connectivity index (χ0) is 13.1. The summed E-state index contributed by atoms with van der Waals surface area (Å²) in [5.74, 6) is -0.669. The fourth-order valence-electron chi connectivity index (χ4n) is 1.28. The van der Waals surface area contributed by atoms with E-state index < -0.39 is 10.0 Å². The number of carbonyl (C=O) groups excluding carboxylic acids is 1. The first-order valence-corrected chi connectivity index (χ1v) is 6.93. The standard InChI is InChI=1S/C10H13ClN2O3S/c1-7-4-8(6-9(11)5-7)10(14)13-2-3-17(12,15)16/h4-6H,2-3H2,1H3,(H,13,14)(H2,12,15,16). The monoisotopic (exact) mass is 276 g/mol. The molecule has 0 saturated carbocycles. The van der Waals surface area contributed by atoms with E-state index in [1.807, 2.05) is 6.92 Å². The normalized spacial score (nSPS) is 11.2. The lowest BCUT2D eigenvalue weighted by molar-refractivity contribution is 0.0956. The van der Waals surface area contributed by atoms with Crippen LogP contribution in [0, 0.1) is 6.92 Å². The van der Waals surface area contributed by atoms with Gasteiger partial charge in [-0.05, 0) is 30.7 Å². The number of nitrogens with one attached hydrogen (secondary N) is 1. The molecule has 0 heterocycles. The summed E-state index contributed by atoms with van der Waals surface area (Å²) in [6.45, 7) is 1.79. The lowest BCUT2D eigenvalue weighted by Crippen LogP contribution is -2.31. The van der Waals surface area contributed by atoms with Crippen LogP contribution < -0.4 is 10.5 Å². The largest absolute Gasteiger partial charge is 0.351 e. The van der Waals surface area contributed by atoms with E-state index in [-0.39, 0.29) is 18.2 Å². The number of halogens is 1. The predicted molar refractivity (Wildman–Crippen MR) is 66.5 cm³/mol. The maximum Gasteiger partial charge on any atom is 0.251 e. The van der Waals surface area contributed by atoms with Gasteiger partial charge in [0.1, 0.15) is 0 Å². The van der Waals surface area contributed by atoms with Crippen molar-refractivity contribution in [2.24, 2.45) is 5.14 Å². The number of nitrogens with two attached hydrogens (primary N) is 1. The molecule has 0 atom stereocenters. The van der Waals surface area contributed by atoms with Crippen LogP contribution in [0.15, 0.2) is 18.2 Å². The van der Waals surface area contributed by atoms with Crippen molar-refractivity contribution in [1.82, 2.24) is 5.32 Å². The Morgan fingerprint density at radius 1 is 1.41 bits per heavy atom. The highest BCUT2D eigenvalue weighted by Gasteiger charge is 2.08. The second-order valence-corrected chi connectivity index (χ2v) is 5.81. The van der Waals surface area contributed by atoms with Gasteiger partial charge in [0.05, 0.1) is 5.75 Å². The maximum absolute atomic E-state index is 11.6. The fourth-order valence-corrected chi connectivity index (χ4v) is 1.95. The van der Waals surface area contributed by atoms with E-state index in [2.05, 4.69) is 5.32 Å². The van der Waals surface area contributed by atoms with E-state index in [1.54, 1.807) is 12.1 Å². The summed E-state index contributed by atoms with van der Waals surface area (Å²) >= 11 is 5.80. The lowest BCUT2D eigenvalue weighted by atomic mass is 10.1. The van der Waals surface area contributed by atoms with Gasteiger partial charge in [-0.25, -0.2) is 13.6 Å². The molecule has 0 aliphatic heterocycles. The van der Waals surface area contributed by atoms with Gasteiger partial charge in [0, 0.05) is 17.1 Å². The van der Waals surface area contributed by atoms with Crippen molar-refractivity contribution in [3.8, 4) is 0 Å². The van der Waals surface area contributed by atoms with Crippen molar-refractivity contribution in [2.45, 2.75) is 6.92 Å². The van der Waals surface area contributed by atoms with Crippen LogP contribution in [0.2, 0.25) is 5.02 Å². The molecule has 5 nitrogen and oxygen atoms in total. The number of rotatable bonds is 4. The quantitative estimate of drug-likeness (QED) is 0.847. The van der Waals surface area contributed by atoms with Gasteiger partial charge < -0.3 is 5.32 Å². The molecule has 0 unspecified atom stereocenters. The predicted octanol–water partition coefficient (Wildman–Crippen LogP) is 0.667. The zero-order valence-corrected chi connectivity index (χ0v) is 10.8. The SMILES string of the molecule is Cc1cc(Cl)cc(C(=O)NCCS(N)(=O)=O)c1. The number of sulfonamides is 1. The molecule has 3 N–H and O–H groups in total. The fraction of sp³-hybridized carbons (Fsp3) is 0.300. The van der Waals surface area contributed by atoms with E-state index in [0.29, 0.717) is 10.6 Å². The number of aryl methyl sites for hydroxylation is 1. The average Bonchev–Trinajstić information content (AvgIpc) is 2.13. The third kappa shape index (κ3) is 5.16. The number of benzene rings is 1. The van der Waals surface area contributed by atoms with Gasteiger partial charge in [0.15, 0.2) is 0 Å². The highest BCUT2D eigenvalue weighted by Crippen LogP contribution is 2.14. The third-order valence-corrected chi connectivity index (χ3v) is 2.97. The van der Waals surface area contributed by atoms with E-state index >= 15 is 0 Å². The molecule has 0 aromatic heterocycles. The molecule has 1 rings (SSSR count). The molecule has 0 aliphatic rings. The molecule has 0 radical (unpaired) electrons. The van der Waals surface area contributed by atoms with Gasteiger partial charge in [-0.15, -0.1) is 0 Å². The van der Waals surface area contributed by atoms with Crippen LogP contribution in [0.4, 0.5) is 0 Å². The van der Waals surface area contributed by atoms with E-state index in [9.17, 15) is 13.2 Å². The Balaban J connectivity index is 2.64. The van der Waals surface area contributed by atoms with Crippen LogP contribution in [-0.2, 0) is 10.0 Å². The minimum atomic E-state index is -3.56. The molecule has 0 aliphatic carbocycles. The van der Waals surface area contributed by atoms with Gasteiger partial charge >= 0.3 is 0 Å². The first-order chi connectivity index (χ1) is 7.78. The van der Waals surface area contributed by atoms with Gasteiger partial charge in [0.25, 0.3) is 5.91 Å². The number of primary sulfonamides is 1. The minimum Gasteiger partial charge on any atom is -0.351 e. The van der Waals surface area contributed by atoms with Crippen LogP contribution in [0.25, 0.3) is 0 Å². The summed E-state index contributed by atoms with van der Waals surface area (Å²) in [5, 5.41) is 7.72. The van der Waals surface area contributed by atoms with E-state index in [4.69, 9.17) is 16.7 Å². The van der Waals surface area contributed by atoms with Crippen molar-refractivity contribution >= 4 is 27.5 Å². The van der Waals surface area contributed by atoms with E-state index in [0.717, 1.165) is 5.56 Å². The second kappa shape index (κ2) is 5.48. The third-order valence-electron chi connectivity index (χ3n) is 1.98. The zero-order valence-electron chi connectivity index (χ0n) is 9.23. The average molecular weight is 277 g/mol. The summed E-state index contributed by atoms with van der Waals surface area (Å²) in [6, 6.07) is 4.90. The Labute approximate surface area is 105 Å². The molecule has 0 fully saturated rings. The van der Waals surface area contributed by atoms with Crippen LogP contribution in [0.3, 0.4) is 0 Å².